The number of nitrogens with zero attached hydrogens (tertiary/aromatic N) is 1. The van der Waals surface area contributed by atoms with Gasteiger partial charge in [0.15, 0.2) is 0 Å². The number of fused-ring (bicyclic) bond motifs is 1. The monoisotopic (exact) mass is 378 g/mol. The number of benzene rings is 1. The predicted octanol–water partition coefficient (Wildman–Crippen LogP) is 2.56. The molecule has 3 rings (SSSR count). The molecule has 0 aliphatic heterocycles. The van der Waals surface area contributed by atoms with Gasteiger partial charge in [-0.05, 0) is 56.9 Å². The third-order valence-corrected chi connectivity index (χ3v) is 6.15. The van der Waals surface area contributed by atoms with Crippen LogP contribution in [0.2, 0.25) is 0 Å². The van der Waals surface area contributed by atoms with Crippen LogP contribution in [0.1, 0.15) is 32.6 Å². The second kappa shape index (κ2) is 7.59. The van der Waals surface area contributed by atoms with Crippen molar-refractivity contribution in [1.82, 2.24) is 9.71 Å². The zero-order valence-electron chi connectivity index (χ0n) is 14.5. The SMILES string of the molecule is CCOc1ccc2cc(S(=O)(=O)N[C@H]3CC[C@H](C(=O)O)CC3)ccc2n1. The molecule has 7 nitrogen and oxygen atoms in total. The van der Waals surface area contributed by atoms with Crippen molar-refractivity contribution in [3.05, 3.63) is 30.3 Å². The van der Waals surface area contributed by atoms with E-state index in [1.165, 1.54) is 6.07 Å². The molecule has 1 aromatic carbocycles. The number of aromatic nitrogens is 1. The number of carbonyl (C=O) groups is 1. The van der Waals surface area contributed by atoms with E-state index >= 15 is 0 Å². The summed E-state index contributed by atoms with van der Waals surface area (Å²) in [4.78, 5) is 15.5. The minimum Gasteiger partial charge on any atom is -0.481 e. The lowest BCUT2D eigenvalue weighted by Crippen LogP contribution is -2.38. The summed E-state index contributed by atoms with van der Waals surface area (Å²) in [6, 6.07) is 8.03. The summed E-state index contributed by atoms with van der Waals surface area (Å²) in [5, 5.41) is 9.75. The number of sulfonamides is 1. The lowest BCUT2D eigenvalue weighted by Gasteiger charge is -2.26. The van der Waals surface area contributed by atoms with Crippen molar-refractivity contribution in [3.63, 3.8) is 0 Å². The first-order chi connectivity index (χ1) is 12.4. The third kappa shape index (κ3) is 4.13. The Bertz CT molecular complexity index is 905. The van der Waals surface area contributed by atoms with Gasteiger partial charge in [-0.25, -0.2) is 18.1 Å². The summed E-state index contributed by atoms with van der Waals surface area (Å²) in [5.41, 5.74) is 0.664. The first-order valence-electron chi connectivity index (χ1n) is 8.68. The molecule has 1 fully saturated rings. The van der Waals surface area contributed by atoms with Crippen molar-refractivity contribution in [3.8, 4) is 5.88 Å². The molecule has 26 heavy (non-hydrogen) atoms. The zero-order chi connectivity index (χ0) is 18.7. The van der Waals surface area contributed by atoms with Gasteiger partial charge in [0.05, 0.1) is 22.9 Å². The molecule has 140 valence electrons. The standard InChI is InChI=1S/C18H22N2O5S/c1-2-25-17-10-5-13-11-15(8-9-16(13)19-17)26(23,24)20-14-6-3-12(4-7-14)18(21)22/h5,8-12,14,20H,2-4,6-7H2,1H3,(H,21,22)/t12-,14-. The lowest BCUT2D eigenvalue weighted by molar-refractivity contribution is -0.142. The minimum atomic E-state index is -3.67. The first-order valence-corrected chi connectivity index (χ1v) is 10.2. The van der Waals surface area contributed by atoms with E-state index in [1.807, 2.05) is 6.92 Å². The number of carboxylic acid groups (broad SMARTS) is 1. The number of aliphatic carboxylic acids is 1. The summed E-state index contributed by atoms with van der Waals surface area (Å²) < 4.78 is 33.4. The summed E-state index contributed by atoms with van der Waals surface area (Å²) in [7, 11) is -3.67. The van der Waals surface area contributed by atoms with Crippen LogP contribution in [-0.4, -0.2) is 37.1 Å². The molecule has 0 amide bonds. The largest absolute Gasteiger partial charge is 0.481 e. The van der Waals surface area contributed by atoms with Crippen LogP contribution < -0.4 is 9.46 Å². The van der Waals surface area contributed by atoms with Crippen LogP contribution in [0.4, 0.5) is 0 Å². The fourth-order valence-corrected chi connectivity index (χ4v) is 4.57. The van der Waals surface area contributed by atoms with Crippen LogP contribution in [0.15, 0.2) is 35.2 Å². The van der Waals surface area contributed by atoms with E-state index in [4.69, 9.17) is 9.84 Å². The molecule has 0 atom stereocenters. The number of hydrogen-bond acceptors (Lipinski definition) is 5. The van der Waals surface area contributed by atoms with Crippen molar-refractivity contribution >= 4 is 26.9 Å². The van der Waals surface area contributed by atoms with Crippen LogP contribution in [0, 0.1) is 5.92 Å². The topological polar surface area (TPSA) is 106 Å². The molecule has 1 aromatic heterocycles. The molecule has 0 radical (unpaired) electrons. The van der Waals surface area contributed by atoms with Crippen molar-refractivity contribution in [1.29, 1.82) is 0 Å². The van der Waals surface area contributed by atoms with E-state index in [2.05, 4.69) is 9.71 Å². The quantitative estimate of drug-likeness (QED) is 0.800. The molecule has 2 N–H and O–H groups in total. The van der Waals surface area contributed by atoms with E-state index in [9.17, 15) is 13.2 Å². The summed E-state index contributed by atoms with van der Waals surface area (Å²) >= 11 is 0. The van der Waals surface area contributed by atoms with Gasteiger partial charge in [-0.2, -0.15) is 0 Å². The molecule has 1 aliphatic rings. The Morgan fingerprint density at radius 3 is 2.62 bits per heavy atom. The molecule has 0 spiro atoms. The van der Waals surface area contributed by atoms with Gasteiger partial charge in [0.1, 0.15) is 0 Å². The smallest absolute Gasteiger partial charge is 0.306 e. The second-order valence-electron chi connectivity index (χ2n) is 6.45. The van der Waals surface area contributed by atoms with Crippen molar-refractivity contribution in [2.75, 3.05) is 6.61 Å². The minimum absolute atomic E-state index is 0.177. The number of nitrogens with one attached hydrogen (secondary N) is 1. The van der Waals surface area contributed by atoms with Gasteiger partial charge in [0, 0.05) is 17.5 Å². The van der Waals surface area contributed by atoms with E-state index in [1.54, 1.807) is 24.3 Å². The Kier molecular flexibility index (Phi) is 5.43. The average molecular weight is 378 g/mol. The maximum atomic E-state index is 12.7. The first kappa shape index (κ1) is 18.6. The van der Waals surface area contributed by atoms with Crippen LogP contribution >= 0.6 is 0 Å². The van der Waals surface area contributed by atoms with Crippen molar-refractivity contribution in [2.45, 2.75) is 43.5 Å². The highest BCUT2D eigenvalue weighted by molar-refractivity contribution is 7.89. The Balaban J connectivity index is 1.75. The molecule has 1 saturated carbocycles. The van der Waals surface area contributed by atoms with Gasteiger partial charge in [-0.1, -0.05) is 0 Å². The fraction of sp³-hybridized carbons (Fsp3) is 0.444. The molecular formula is C18H22N2O5S. The maximum absolute atomic E-state index is 12.7. The summed E-state index contributed by atoms with van der Waals surface area (Å²) in [6.07, 6.45) is 2.04. The molecular weight excluding hydrogens is 356 g/mol. The molecule has 1 aliphatic carbocycles. The second-order valence-corrected chi connectivity index (χ2v) is 8.16. The summed E-state index contributed by atoms with van der Waals surface area (Å²) in [5.74, 6) is -0.675. The fourth-order valence-electron chi connectivity index (χ4n) is 3.23. The highest BCUT2D eigenvalue weighted by Crippen LogP contribution is 2.26. The van der Waals surface area contributed by atoms with Crippen LogP contribution in [0.25, 0.3) is 10.9 Å². The third-order valence-electron chi connectivity index (χ3n) is 4.64. The van der Waals surface area contributed by atoms with Gasteiger partial charge in [-0.3, -0.25) is 4.79 Å². The Morgan fingerprint density at radius 2 is 1.96 bits per heavy atom. The number of ether oxygens (including phenoxy) is 1. The molecule has 0 bridgehead atoms. The number of hydrogen-bond donors (Lipinski definition) is 2. The lowest BCUT2D eigenvalue weighted by atomic mass is 9.87. The highest BCUT2D eigenvalue weighted by Gasteiger charge is 2.28. The number of pyridine rings is 1. The molecule has 0 saturated heterocycles. The average Bonchev–Trinajstić information content (AvgIpc) is 2.61. The molecule has 1 heterocycles. The zero-order valence-corrected chi connectivity index (χ0v) is 15.3. The van der Waals surface area contributed by atoms with E-state index in [-0.39, 0.29) is 16.9 Å². The van der Waals surface area contributed by atoms with E-state index < -0.39 is 16.0 Å². The number of rotatable bonds is 6. The molecule has 2 aromatic rings. The Labute approximate surface area is 152 Å². The summed E-state index contributed by atoms with van der Waals surface area (Å²) in [6.45, 7) is 2.39. The Hall–Kier alpha value is -2.19. The van der Waals surface area contributed by atoms with Gasteiger partial charge < -0.3 is 9.84 Å². The predicted molar refractivity (Wildman–Crippen MR) is 96.6 cm³/mol. The molecule has 8 heteroatoms. The maximum Gasteiger partial charge on any atom is 0.306 e. The van der Waals surface area contributed by atoms with Crippen LogP contribution in [-0.2, 0) is 14.8 Å². The Morgan fingerprint density at radius 1 is 1.23 bits per heavy atom. The van der Waals surface area contributed by atoms with Crippen LogP contribution in [0.5, 0.6) is 5.88 Å². The van der Waals surface area contributed by atoms with Crippen molar-refractivity contribution < 1.29 is 23.1 Å². The molecule has 0 unspecified atom stereocenters. The van der Waals surface area contributed by atoms with Crippen LogP contribution in [0.3, 0.4) is 0 Å². The van der Waals surface area contributed by atoms with Crippen molar-refractivity contribution in [2.24, 2.45) is 5.92 Å². The highest BCUT2D eigenvalue weighted by atomic mass is 32.2. The van der Waals surface area contributed by atoms with E-state index in [0.717, 1.165) is 0 Å². The van der Waals surface area contributed by atoms with E-state index in [0.29, 0.717) is 49.1 Å². The van der Waals surface area contributed by atoms with Gasteiger partial charge in [0.25, 0.3) is 0 Å². The van der Waals surface area contributed by atoms with Gasteiger partial charge >= 0.3 is 5.97 Å². The van der Waals surface area contributed by atoms with Gasteiger partial charge in [0.2, 0.25) is 15.9 Å². The van der Waals surface area contributed by atoms with Gasteiger partial charge in [-0.15, -0.1) is 0 Å². The number of carboxylic acids is 1. The normalized spacial score (nSPS) is 20.8.